The van der Waals surface area contributed by atoms with Crippen molar-refractivity contribution in [2.45, 2.75) is 6.18 Å². The van der Waals surface area contributed by atoms with Crippen LogP contribution in [-0.2, 0) is 6.18 Å². The number of hydrogen-bond acceptors (Lipinski definition) is 2. The summed E-state index contributed by atoms with van der Waals surface area (Å²) in [5.74, 6) is -1.62. The van der Waals surface area contributed by atoms with E-state index in [0.29, 0.717) is 6.20 Å². The van der Waals surface area contributed by atoms with Gasteiger partial charge >= 0.3 is 12.1 Å². The summed E-state index contributed by atoms with van der Waals surface area (Å²) >= 11 is 0. The molecule has 0 amide bonds. The monoisotopic (exact) mass is 226 g/mol. The summed E-state index contributed by atoms with van der Waals surface area (Å²) in [6.07, 6.45) is -3.19. The highest BCUT2D eigenvalue weighted by molar-refractivity contribution is 5.89. The third-order valence-electron chi connectivity index (χ3n) is 1.36. The van der Waals surface area contributed by atoms with Gasteiger partial charge in [0, 0.05) is 12.4 Å². The maximum atomic E-state index is 12.1. The molecule has 0 atom stereocenters. The second-order valence-electron chi connectivity index (χ2n) is 2.22. The number of carboxylic acid groups (broad SMARTS) is 1. The van der Waals surface area contributed by atoms with Crippen molar-refractivity contribution in [2.75, 3.05) is 0 Å². The van der Waals surface area contributed by atoms with Gasteiger partial charge in [-0.15, -0.1) is 0 Å². The number of rotatable bonds is 1. The molecule has 0 unspecified atom stereocenters. The Morgan fingerprint density at radius 2 is 2.00 bits per heavy atom. The maximum Gasteiger partial charge on any atom is 0.418 e. The van der Waals surface area contributed by atoms with Gasteiger partial charge in [0.2, 0.25) is 0 Å². The van der Waals surface area contributed by atoms with E-state index in [0.717, 1.165) is 12.3 Å². The molecule has 0 spiro atoms. The molecule has 0 aliphatic rings. The van der Waals surface area contributed by atoms with Gasteiger partial charge in [0.15, 0.2) is 0 Å². The summed E-state index contributed by atoms with van der Waals surface area (Å²) < 4.78 is 36.3. The zero-order chi connectivity index (χ0) is 10.1. The van der Waals surface area contributed by atoms with E-state index < -0.39 is 23.3 Å². The predicted octanol–water partition coefficient (Wildman–Crippen LogP) is -1.20. The Hall–Kier alpha value is -1.30. The van der Waals surface area contributed by atoms with E-state index in [1.54, 1.807) is 0 Å². The quantitative estimate of drug-likeness (QED) is 0.655. The van der Waals surface area contributed by atoms with Gasteiger partial charge in [-0.2, -0.15) is 13.2 Å². The number of aromatic nitrogens is 1. The highest BCUT2D eigenvalue weighted by atomic mass is 35.5. The molecule has 0 saturated carbocycles. The summed E-state index contributed by atoms with van der Waals surface area (Å²) in [6, 6.07) is 0.811. The van der Waals surface area contributed by atoms with Gasteiger partial charge in [0.1, 0.15) is 0 Å². The van der Waals surface area contributed by atoms with Crippen LogP contribution in [0, 0.1) is 0 Å². The Balaban J connectivity index is 0.00000169. The molecule has 1 N–H and O–H groups in total. The predicted molar refractivity (Wildman–Crippen MR) is 36.2 cm³/mol. The SMILES string of the molecule is O=C(O)c1ccncc1C(F)(F)F.[Cl-]. The van der Waals surface area contributed by atoms with Gasteiger partial charge in [0.05, 0.1) is 11.1 Å². The Bertz CT molecular complexity index is 340. The molecule has 78 valence electrons. The first-order valence-corrected chi connectivity index (χ1v) is 3.17. The number of nitrogens with zero attached hydrogens (tertiary/aromatic N) is 1. The van der Waals surface area contributed by atoms with Crippen LogP contribution >= 0.6 is 0 Å². The second-order valence-corrected chi connectivity index (χ2v) is 2.22. The van der Waals surface area contributed by atoms with E-state index in [9.17, 15) is 18.0 Å². The standard InChI is InChI=1S/C7H4F3NO2.ClH/c8-7(9,10)5-3-11-2-1-4(5)6(12)13;/h1-3H,(H,12,13);1H/p-1. The lowest BCUT2D eigenvalue weighted by molar-refractivity contribution is -0.138. The second kappa shape index (κ2) is 4.28. The van der Waals surface area contributed by atoms with Crippen LogP contribution in [0.25, 0.3) is 0 Å². The lowest BCUT2D eigenvalue weighted by Crippen LogP contribution is -3.00. The molecule has 7 heteroatoms. The first-order chi connectivity index (χ1) is 5.93. The van der Waals surface area contributed by atoms with Crippen LogP contribution in [-0.4, -0.2) is 16.1 Å². The molecule has 1 aromatic rings. The van der Waals surface area contributed by atoms with E-state index in [4.69, 9.17) is 5.11 Å². The molecule has 1 rings (SSSR count). The molecule has 0 aromatic carbocycles. The molecule has 1 heterocycles. The van der Waals surface area contributed by atoms with E-state index in [1.165, 1.54) is 0 Å². The third-order valence-corrected chi connectivity index (χ3v) is 1.36. The minimum Gasteiger partial charge on any atom is -1.00 e. The van der Waals surface area contributed by atoms with Crippen LogP contribution in [0.15, 0.2) is 18.5 Å². The third kappa shape index (κ3) is 2.59. The van der Waals surface area contributed by atoms with Gasteiger partial charge in [-0.1, -0.05) is 0 Å². The number of aromatic carboxylic acids is 1. The Morgan fingerprint density at radius 1 is 1.43 bits per heavy atom. The van der Waals surface area contributed by atoms with E-state index >= 15 is 0 Å². The molecule has 0 aliphatic heterocycles. The van der Waals surface area contributed by atoms with Crippen molar-refractivity contribution in [1.29, 1.82) is 0 Å². The fourth-order valence-corrected chi connectivity index (χ4v) is 0.807. The van der Waals surface area contributed by atoms with Crippen LogP contribution in [0.4, 0.5) is 13.2 Å². The average Bonchev–Trinajstić information content (AvgIpc) is 2.03. The molecule has 0 fully saturated rings. The number of alkyl halides is 3. The summed E-state index contributed by atoms with van der Waals surface area (Å²) in [6.45, 7) is 0. The summed E-state index contributed by atoms with van der Waals surface area (Å²) in [4.78, 5) is 13.6. The van der Waals surface area contributed by atoms with Crippen LogP contribution < -0.4 is 12.4 Å². The zero-order valence-electron chi connectivity index (χ0n) is 6.55. The molecule has 0 radical (unpaired) electrons. The van der Waals surface area contributed by atoms with Crippen molar-refractivity contribution >= 4 is 5.97 Å². The van der Waals surface area contributed by atoms with Crippen LogP contribution in [0.5, 0.6) is 0 Å². The lowest BCUT2D eigenvalue weighted by Gasteiger charge is -2.07. The minimum atomic E-state index is -4.68. The van der Waals surface area contributed by atoms with Gasteiger partial charge in [0.25, 0.3) is 0 Å². The highest BCUT2D eigenvalue weighted by Crippen LogP contribution is 2.30. The highest BCUT2D eigenvalue weighted by Gasteiger charge is 2.35. The van der Waals surface area contributed by atoms with Crippen molar-refractivity contribution in [2.24, 2.45) is 0 Å². The van der Waals surface area contributed by atoms with Gasteiger partial charge in [-0.3, -0.25) is 4.98 Å². The molecular weight excluding hydrogens is 223 g/mol. The normalized spacial score (nSPS) is 10.5. The number of hydrogen-bond donors (Lipinski definition) is 1. The molecule has 0 aliphatic carbocycles. The molecule has 14 heavy (non-hydrogen) atoms. The largest absolute Gasteiger partial charge is 1.00 e. The van der Waals surface area contributed by atoms with Crippen LogP contribution in [0.1, 0.15) is 15.9 Å². The van der Waals surface area contributed by atoms with Crippen molar-refractivity contribution in [1.82, 2.24) is 4.98 Å². The van der Waals surface area contributed by atoms with Crippen LogP contribution in [0.2, 0.25) is 0 Å². The molecule has 3 nitrogen and oxygen atoms in total. The Labute approximate surface area is 83.0 Å². The minimum absolute atomic E-state index is 0. The smallest absolute Gasteiger partial charge is 0.418 e. The lowest BCUT2D eigenvalue weighted by atomic mass is 10.1. The first-order valence-electron chi connectivity index (χ1n) is 3.17. The van der Waals surface area contributed by atoms with Crippen molar-refractivity contribution in [3.05, 3.63) is 29.6 Å². The fourth-order valence-electron chi connectivity index (χ4n) is 0.807. The number of pyridine rings is 1. The average molecular weight is 227 g/mol. The Morgan fingerprint density at radius 3 is 2.36 bits per heavy atom. The number of carbonyl (C=O) groups is 1. The number of halogens is 4. The van der Waals surface area contributed by atoms with Gasteiger partial charge in [-0.25, -0.2) is 4.79 Å². The summed E-state index contributed by atoms with van der Waals surface area (Å²) in [7, 11) is 0. The molecule has 0 saturated heterocycles. The van der Waals surface area contributed by atoms with E-state index in [2.05, 4.69) is 4.98 Å². The number of carboxylic acids is 1. The van der Waals surface area contributed by atoms with Gasteiger partial charge < -0.3 is 17.5 Å². The molecular formula is C7H4ClF3NO2-. The molecule has 0 bridgehead atoms. The fraction of sp³-hybridized carbons (Fsp3) is 0.143. The zero-order valence-corrected chi connectivity index (χ0v) is 7.30. The van der Waals surface area contributed by atoms with Crippen molar-refractivity contribution in [3.8, 4) is 0 Å². The topological polar surface area (TPSA) is 50.2 Å². The van der Waals surface area contributed by atoms with Crippen molar-refractivity contribution < 1.29 is 35.5 Å². The maximum absolute atomic E-state index is 12.1. The Kier molecular flexibility index (Phi) is 3.88. The summed E-state index contributed by atoms with van der Waals surface area (Å²) in [5, 5.41) is 8.40. The first kappa shape index (κ1) is 12.7. The summed E-state index contributed by atoms with van der Waals surface area (Å²) in [5.41, 5.74) is -2.02. The van der Waals surface area contributed by atoms with E-state index in [1.807, 2.05) is 0 Å². The van der Waals surface area contributed by atoms with Crippen molar-refractivity contribution in [3.63, 3.8) is 0 Å². The van der Waals surface area contributed by atoms with E-state index in [-0.39, 0.29) is 12.4 Å². The molecule has 1 aromatic heterocycles. The van der Waals surface area contributed by atoms with Crippen LogP contribution in [0.3, 0.4) is 0 Å². The van der Waals surface area contributed by atoms with Gasteiger partial charge in [-0.05, 0) is 6.07 Å².